The Morgan fingerprint density at radius 2 is 1.79 bits per heavy atom. The molecule has 1 aromatic heterocycles. The van der Waals surface area contributed by atoms with E-state index in [4.69, 9.17) is 4.74 Å². The fraction of sp³-hybridized carbons (Fsp3) is 0.227. The van der Waals surface area contributed by atoms with Gasteiger partial charge in [-0.2, -0.15) is 0 Å². The molecule has 0 unspecified atom stereocenters. The first-order valence-corrected chi connectivity index (χ1v) is 9.09. The number of nitrogens with one attached hydrogen (secondary N) is 1. The van der Waals surface area contributed by atoms with Gasteiger partial charge in [-0.05, 0) is 63.2 Å². The number of carbonyl (C=O) groups is 2. The van der Waals surface area contributed by atoms with Gasteiger partial charge in [0.1, 0.15) is 0 Å². The molecule has 0 bridgehead atoms. The number of rotatable bonds is 4. The Morgan fingerprint density at radius 3 is 2.46 bits per heavy atom. The molecule has 3 rings (SSSR count). The van der Waals surface area contributed by atoms with Gasteiger partial charge in [0.15, 0.2) is 0 Å². The van der Waals surface area contributed by atoms with Crippen LogP contribution in [0.4, 0.5) is 16.2 Å². The monoisotopic (exact) mass is 377 g/mol. The summed E-state index contributed by atoms with van der Waals surface area (Å²) in [5.74, 6) is -0.201. The first-order valence-electron chi connectivity index (χ1n) is 9.09. The summed E-state index contributed by atoms with van der Waals surface area (Å²) in [6.45, 7) is 5.93. The minimum absolute atomic E-state index is 0.201. The van der Waals surface area contributed by atoms with Crippen LogP contribution in [0.25, 0.3) is 10.9 Å². The second-order valence-corrected chi connectivity index (χ2v) is 6.59. The molecule has 2 amide bonds. The maximum atomic E-state index is 12.9. The fourth-order valence-corrected chi connectivity index (χ4v) is 2.95. The molecule has 28 heavy (non-hydrogen) atoms. The SMILES string of the molecule is CCOC(=O)N(C)c1ccc(NC(=O)c2cc(C)nc3ccc(C)cc23)cc1. The molecule has 6 heteroatoms. The van der Waals surface area contributed by atoms with Crippen LogP contribution in [0.15, 0.2) is 48.5 Å². The number of ether oxygens (including phenoxy) is 1. The molecule has 0 atom stereocenters. The van der Waals surface area contributed by atoms with E-state index in [0.717, 1.165) is 22.2 Å². The third kappa shape index (κ3) is 4.11. The molecule has 0 fully saturated rings. The summed E-state index contributed by atoms with van der Waals surface area (Å²) in [5, 5.41) is 3.74. The summed E-state index contributed by atoms with van der Waals surface area (Å²) in [7, 11) is 1.64. The lowest BCUT2D eigenvalue weighted by Gasteiger charge is -2.17. The standard InChI is InChI=1S/C22H23N3O3/c1-5-28-22(27)25(4)17-9-7-16(8-10-17)24-21(26)19-13-15(3)23-20-11-6-14(2)12-18(19)20/h6-13H,5H2,1-4H3,(H,24,26). The van der Waals surface area contributed by atoms with Crippen molar-refractivity contribution in [1.29, 1.82) is 0 Å². The lowest BCUT2D eigenvalue weighted by Crippen LogP contribution is -2.26. The normalized spacial score (nSPS) is 10.6. The van der Waals surface area contributed by atoms with Crippen molar-refractivity contribution in [2.75, 3.05) is 23.9 Å². The van der Waals surface area contributed by atoms with Crippen molar-refractivity contribution >= 4 is 34.3 Å². The van der Waals surface area contributed by atoms with Crippen molar-refractivity contribution in [1.82, 2.24) is 4.98 Å². The van der Waals surface area contributed by atoms with E-state index in [1.807, 2.05) is 32.0 Å². The topological polar surface area (TPSA) is 71.5 Å². The second-order valence-electron chi connectivity index (χ2n) is 6.59. The third-order valence-electron chi connectivity index (χ3n) is 4.39. The first kappa shape index (κ1) is 19.4. The Balaban J connectivity index is 1.83. The Morgan fingerprint density at radius 1 is 1.07 bits per heavy atom. The van der Waals surface area contributed by atoms with Crippen molar-refractivity contribution in [2.24, 2.45) is 0 Å². The minimum Gasteiger partial charge on any atom is -0.449 e. The van der Waals surface area contributed by atoms with Crippen molar-refractivity contribution in [3.63, 3.8) is 0 Å². The highest BCUT2D eigenvalue weighted by Gasteiger charge is 2.14. The number of fused-ring (bicyclic) bond motifs is 1. The highest BCUT2D eigenvalue weighted by atomic mass is 16.6. The number of hydrogen-bond acceptors (Lipinski definition) is 4. The summed E-state index contributed by atoms with van der Waals surface area (Å²) in [4.78, 5) is 30.6. The number of benzene rings is 2. The highest BCUT2D eigenvalue weighted by molar-refractivity contribution is 6.12. The van der Waals surface area contributed by atoms with E-state index in [9.17, 15) is 9.59 Å². The van der Waals surface area contributed by atoms with Crippen molar-refractivity contribution < 1.29 is 14.3 Å². The van der Waals surface area contributed by atoms with E-state index in [1.54, 1.807) is 44.3 Å². The number of aryl methyl sites for hydroxylation is 2. The van der Waals surface area contributed by atoms with Crippen LogP contribution in [0.5, 0.6) is 0 Å². The van der Waals surface area contributed by atoms with Gasteiger partial charge in [-0.3, -0.25) is 14.7 Å². The summed E-state index contributed by atoms with van der Waals surface area (Å²) < 4.78 is 4.98. The first-order chi connectivity index (χ1) is 13.4. The lowest BCUT2D eigenvalue weighted by atomic mass is 10.0. The number of pyridine rings is 1. The zero-order chi connectivity index (χ0) is 20.3. The molecular weight excluding hydrogens is 354 g/mol. The van der Waals surface area contributed by atoms with Crippen LogP contribution in [0.2, 0.25) is 0 Å². The smallest absolute Gasteiger partial charge is 0.413 e. The number of hydrogen-bond donors (Lipinski definition) is 1. The summed E-state index contributed by atoms with van der Waals surface area (Å²) in [6.07, 6.45) is -0.423. The van der Waals surface area contributed by atoms with Crippen molar-refractivity contribution in [3.8, 4) is 0 Å². The molecule has 0 radical (unpaired) electrons. The van der Waals surface area contributed by atoms with E-state index in [1.165, 1.54) is 4.90 Å². The molecular formula is C22H23N3O3. The van der Waals surface area contributed by atoms with E-state index >= 15 is 0 Å². The van der Waals surface area contributed by atoms with Crippen molar-refractivity contribution in [2.45, 2.75) is 20.8 Å². The molecule has 0 spiro atoms. The molecule has 1 heterocycles. The van der Waals surface area contributed by atoms with Gasteiger partial charge in [0, 0.05) is 29.5 Å². The van der Waals surface area contributed by atoms with Gasteiger partial charge in [-0.15, -0.1) is 0 Å². The Hall–Kier alpha value is -3.41. The third-order valence-corrected chi connectivity index (χ3v) is 4.39. The van der Waals surface area contributed by atoms with Gasteiger partial charge >= 0.3 is 6.09 Å². The number of aromatic nitrogens is 1. The molecule has 0 saturated heterocycles. The average molecular weight is 377 g/mol. The second kappa shape index (κ2) is 8.08. The zero-order valence-corrected chi connectivity index (χ0v) is 16.4. The molecule has 0 aliphatic rings. The molecule has 3 aromatic rings. The number of amides is 2. The molecule has 1 N–H and O–H groups in total. The quantitative estimate of drug-likeness (QED) is 0.715. The van der Waals surface area contributed by atoms with E-state index < -0.39 is 6.09 Å². The van der Waals surface area contributed by atoms with Crippen LogP contribution in [0.3, 0.4) is 0 Å². The molecule has 144 valence electrons. The lowest BCUT2D eigenvalue weighted by molar-refractivity contribution is 0.102. The maximum absolute atomic E-state index is 12.9. The molecule has 2 aromatic carbocycles. The van der Waals surface area contributed by atoms with E-state index in [2.05, 4.69) is 10.3 Å². The van der Waals surface area contributed by atoms with Gasteiger partial charge in [0.25, 0.3) is 5.91 Å². The van der Waals surface area contributed by atoms with E-state index in [0.29, 0.717) is 23.5 Å². The molecule has 0 aliphatic carbocycles. The predicted octanol–water partition coefficient (Wildman–Crippen LogP) is 4.70. The predicted molar refractivity (Wildman–Crippen MR) is 111 cm³/mol. The van der Waals surface area contributed by atoms with E-state index in [-0.39, 0.29) is 5.91 Å². The fourth-order valence-electron chi connectivity index (χ4n) is 2.95. The summed E-state index contributed by atoms with van der Waals surface area (Å²) in [6, 6.07) is 14.7. The van der Waals surface area contributed by atoms with Gasteiger partial charge < -0.3 is 10.1 Å². The zero-order valence-electron chi connectivity index (χ0n) is 16.4. The average Bonchev–Trinajstić information content (AvgIpc) is 2.68. The molecule has 0 aliphatic heterocycles. The minimum atomic E-state index is -0.423. The highest BCUT2D eigenvalue weighted by Crippen LogP contribution is 2.22. The van der Waals surface area contributed by atoms with Crippen LogP contribution in [0, 0.1) is 13.8 Å². The van der Waals surface area contributed by atoms with Gasteiger partial charge in [-0.25, -0.2) is 4.79 Å². The maximum Gasteiger partial charge on any atom is 0.413 e. The summed E-state index contributed by atoms with van der Waals surface area (Å²) >= 11 is 0. The van der Waals surface area contributed by atoms with Crippen LogP contribution < -0.4 is 10.2 Å². The largest absolute Gasteiger partial charge is 0.449 e. The summed E-state index contributed by atoms with van der Waals surface area (Å²) in [5.41, 5.74) is 4.55. The Bertz CT molecular complexity index is 1030. The van der Waals surface area contributed by atoms with Crippen LogP contribution in [-0.4, -0.2) is 30.6 Å². The number of anilines is 2. The van der Waals surface area contributed by atoms with Crippen LogP contribution in [0.1, 0.15) is 28.5 Å². The van der Waals surface area contributed by atoms with Crippen LogP contribution in [-0.2, 0) is 4.74 Å². The van der Waals surface area contributed by atoms with Crippen LogP contribution >= 0.6 is 0 Å². The number of carbonyl (C=O) groups excluding carboxylic acids is 2. The molecule has 0 saturated carbocycles. The van der Waals surface area contributed by atoms with Gasteiger partial charge in [0.2, 0.25) is 0 Å². The van der Waals surface area contributed by atoms with Gasteiger partial charge in [-0.1, -0.05) is 11.6 Å². The number of nitrogens with zero attached hydrogens (tertiary/aromatic N) is 2. The molecule has 6 nitrogen and oxygen atoms in total. The van der Waals surface area contributed by atoms with Crippen molar-refractivity contribution in [3.05, 3.63) is 65.4 Å². The Kier molecular flexibility index (Phi) is 5.59. The Labute approximate surface area is 164 Å². The van der Waals surface area contributed by atoms with Gasteiger partial charge in [0.05, 0.1) is 17.7 Å².